The van der Waals surface area contributed by atoms with Gasteiger partial charge in [-0.05, 0) is 12.8 Å². The Kier molecular flexibility index (Phi) is 21.1. The third-order valence-corrected chi connectivity index (χ3v) is 2.26. The van der Waals surface area contributed by atoms with Gasteiger partial charge in [-0.3, -0.25) is 0 Å². The van der Waals surface area contributed by atoms with Crippen molar-refractivity contribution in [1.82, 2.24) is 0 Å². The molecule has 0 saturated heterocycles. The molecule has 0 bridgehead atoms. The summed E-state index contributed by atoms with van der Waals surface area (Å²) < 4.78 is 0. The minimum absolute atomic E-state index is 1.20. The average molecular weight is 208 g/mol. The molecule has 0 heteroatoms. The van der Waals surface area contributed by atoms with E-state index in [1.807, 2.05) is 6.08 Å². The van der Waals surface area contributed by atoms with Gasteiger partial charge in [-0.15, -0.1) is 12.3 Å². The monoisotopic (exact) mass is 208 g/mol. The van der Waals surface area contributed by atoms with E-state index >= 15 is 0 Å². The van der Waals surface area contributed by atoms with Crippen molar-refractivity contribution in [3.63, 3.8) is 0 Å². The van der Waals surface area contributed by atoms with E-state index in [1.165, 1.54) is 57.8 Å². The predicted molar refractivity (Wildman–Crippen MR) is 72.2 cm³/mol. The van der Waals surface area contributed by atoms with Gasteiger partial charge < -0.3 is 0 Å². The van der Waals surface area contributed by atoms with E-state index in [-0.39, 0.29) is 0 Å². The van der Waals surface area contributed by atoms with Crippen LogP contribution in [0.3, 0.4) is 0 Å². The highest BCUT2D eigenvalue weighted by Crippen LogP contribution is 2.09. The molecule has 0 aliphatic carbocycles. The van der Waals surface area contributed by atoms with E-state index < -0.39 is 0 Å². The van der Waals surface area contributed by atoms with E-state index in [1.54, 1.807) is 0 Å². The van der Waals surface area contributed by atoms with Crippen LogP contribution >= 0.6 is 0 Å². The van der Waals surface area contributed by atoms with E-state index in [9.17, 15) is 0 Å². The van der Waals surface area contributed by atoms with Crippen molar-refractivity contribution in [2.24, 2.45) is 0 Å². The van der Waals surface area contributed by atoms with Crippen LogP contribution in [-0.2, 0) is 0 Å². The molecule has 0 aliphatic rings. The molecule has 15 heavy (non-hydrogen) atoms. The molecule has 0 saturated carbocycles. The highest BCUT2D eigenvalue weighted by Gasteiger charge is 1.89. The third kappa shape index (κ3) is 24.6. The van der Waals surface area contributed by atoms with Gasteiger partial charge in [0.1, 0.15) is 0 Å². The Hall–Kier alpha value is -0.740. The molecule has 0 aromatic rings. The molecular weight excluding hydrogens is 180 g/mol. The first-order chi connectivity index (χ1) is 7.33. The van der Waals surface area contributed by atoms with Gasteiger partial charge in [0.05, 0.1) is 0 Å². The molecule has 0 amide bonds. The third-order valence-electron chi connectivity index (χ3n) is 2.26. The Morgan fingerprint density at radius 2 is 1.27 bits per heavy atom. The van der Waals surface area contributed by atoms with Gasteiger partial charge in [-0.2, -0.15) is 0 Å². The number of unbranched alkanes of at least 4 members (excludes halogenated alkanes) is 8. The Morgan fingerprint density at radius 3 is 1.67 bits per heavy atom. The second-order valence-corrected chi connectivity index (χ2v) is 3.80. The Morgan fingerprint density at radius 1 is 0.867 bits per heavy atom. The van der Waals surface area contributed by atoms with Crippen LogP contribution in [-0.4, -0.2) is 0 Å². The van der Waals surface area contributed by atoms with Gasteiger partial charge in [-0.1, -0.05) is 71.1 Å². The first kappa shape index (κ1) is 16.7. The molecule has 0 rings (SSSR count). The summed E-state index contributed by atoms with van der Waals surface area (Å²) in [6.45, 7) is 12.2. The highest BCUT2D eigenvalue weighted by molar-refractivity contribution is 4.65. The molecule has 0 aromatic carbocycles. The summed E-state index contributed by atoms with van der Waals surface area (Å²) in [4.78, 5) is 0. The molecule has 0 fully saturated rings. The fourth-order valence-corrected chi connectivity index (χ4v) is 1.42. The zero-order valence-corrected chi connectivity index (χ0v) is 10.6. The van der Waals surface area contributed by atoms with Gasteiger partial charge in [0.15, 0.2) is 0 Å². The normalized spacial score (nSPS) is 8.60. The van der Waals surface area contributed by atoms with E-state index in [4.69, 9.17) is 0 Å². The maximum atomic E-state index is 3.72. The van der Waals surface area contributed by atoms with Crippen LogP contribution in [0, 0.1) is 0 Å². The zero-order valence-electron chi connectivity index (χ0n) is 10.6. The molecule has 0 unspecified atom stereocenters. The fraction of sp³-hybridized carbons (Fsp3) is 0.667. The summed E-state index contributed by atoms with van der Waals surface area (Å²) in [6.07, 6.45) is 14.5. The second-order valence-electron chi connectivity index (χ2n) is 3.80. The maximum absolute atomic E-state index is 3.72. The molecule has 0 aromatic heterocycles. The largest absolute Gasteiger partial charge is 0.137 e. The lowest BCUT2D eigenvalue weighted by atomic mass is 10.1. The van der Waals surface area contributed by atoms with Gasteiger partial charge in [0, 0.05) is 0 Å². The first-order valence-electron chi connectivity index (χ1n) is 6.23. The van der Waals surface area contributed by atoms with Crippen molar-refractivity contribution < 1.29 is 0 Å². The number of hydrogen-bond acceptors (Lipinski definition) is 0. The van der Waals surface area contributed by atoms with Crippen molar-refractivity contribution in [3.8, 4) is 0 Å². The lowest BCUT2D eigenvalue weighted by Crippen LogP contribution is -1.79. The van der Waals surface area contributed by atoms with Crippen molar-refractivity contribution in [3.05, 3.63) is 31.5 Å². The van der Waals surface area contributed by atoms with Gasteiger partial charge >= 0.3 is 0 Å². The average Bonchev–Trinajstić information content (AvgIpc) is 2.23. The zero-order chi connectivity index (χ0) is 11.8. The summed E-state index contributed by atoms with van der Waals surface area (Å²) in [7, 11) is 0. The topological polar surface area (TPSA) is 0 Å². The van der Waals surface area contributed by atoms with E-state index in [2.05, 4.69) is 32.4 Å². The minimum Gasteiger partial charge on any atom is -0.137 e. The molecule has 0 spiro atoms. The highest BCUT2D eigenvalue weighted by atomic mass is 14.0. The quantitative estimate of drug-likeness (QED) is 0.260. The summed E-state index contributed by atoms with van der Waals surface area (Å²) in [5.74, 6) is 0. The second kappa shape index (κ2) is 18.9. The summed E-state index contributed by atoms with van der Waals surface area (Å²) in [5, 5.41) is 0. The van der Waals surface area contributed by atoms with Crippen molar-refractivity contribution in [1.29, 1.82) is 0 Å². The standard InChI is InChI=1S/C12H24.C3H4/c1-3-5-7-9-11-12-10-8-6-4-2;1-3-2/h3H,1,4-12H2,2H3;1-2H2. The summed E-state index contributed by atoms with van der Waals surface area (Å²) >= 11 is 0. The van der Waals surface area contributed by atoms with Crippen LogP contribution < -0.4 is 0 Å². The summed E-state index contributed by atoms with van der Waals surface area (Å²) in [5.41, 5.74) is 2.25. The molecule has 0 aliphatic heterocycles. The van der Waals surface area contributed by atoms with Crippen molar-refractivity contribution in [2.75, 3.05) is 0 Å². The fourth-order valence-electron chi connectivity index (χ4n) is 1.42. The van der Waals surface area contributed by atoms with Gasteiger partial charge in [-0.25, -0.2) is 0 Å². The first-order valence-corrected chi connectivity index (χ1v) is 6.23. The molecule has 0 heterocycles. The molecule has 0 N–H and O–H groups in total. The van der Waals surface area contributed by atoms with Crippen LogP contribution in [0.4, 0.5) is 0 Å². The molecule has 0 atom stereocenters. The SMILES string of the molecule is C=C=C.C=CCCCCCCCCCC. The van der Waals surface area contributed by atoms with Gasteiger partial charge in [0.2, 0.25) is 0 Å². The lowest BCUT2D eigenvalue weighted by molar-refractivity contribution is 0.578. The van der Waals surface area contributed by atoms with Crippen LogP contribution in [0.2, 0.25) is 0 Å². The molecule has 0 radical (unpaired) electrons. The molecular formula is C15H28. The Bertz CT molecular complexity index is 138. The Balaban J connectivity index is 0. The van der Waals surface area contributed by atoms with E-state index in [0.29, 0.717) is 0 Å². The lowest BCUT2D eigenvalue weighted by Gasteiger charge is -1.99. The van der Waals surface area contributed by atoms with Crippen LogP contribution in [0.5, 0.6) is 0 Å². The minimum atomic E-state index is 1.20. The number of rotatable bonds is 9. The predicted octanol–water partition coefficient (Wildman–Crippen LogP) is 5.66. The van der Waals surface area contributed by atoms with Crippen LogP contribution in [0.25, 0.3) is 0 Å². The van der Waals surface area contributed by atoms with Gasteiger partial charge in [0.25, 0.3) is 0 Å². The number of allylic oxidation sites excluding steroid dienone is 1. The van der Waals surface area contributed by atoms with Crippen molar-refractivity contribution >= 4 is 0 Å². The molecule has 0 nitrogen and oxygen atoms in total. The summed E-state index contributed by atoms with van der Waals surface area (Å²) in [6, 6.07) is 0. The van der Waals surface area contributed by atoms with Crippen LogP contribution in [0.1, 0.15) is 64.7 Å². The van der Waals surface area contributed by atoms with Crippen molar-refractivity contribution in [2.45, 2.75) is 64.7 Å². The van der Waals surface area contributed by atoms with Crippen LogP contribution in [0.15, 0.2) is 31.5 Å². The maximum Gasteiger partial charge on any atom is -0.0353 e. The Labute approximate surface area is 96.8 Å². The van der Waals surface area contributed by atoms with E-state index in [0.717, 1.165) is 0 Å². The smallest absolute Gasteiger partial charge is 0.0353 e. The molecule has 88 valence electrons. The number of hydrogen-bond donors (Lipinski definition) is 0.